The van der Waals surface area contributed by atoms with Crippen LogP contribution in [0.3, 0.4) is 0 Å². The molecule has 0 amide bonds. The Morgan fingerprint density at radius 3 is 2.63 bits per heavy atom. The normalized spacial score (nSPS) is 10.3. The second-order valence-corrected chi connectivity index (χ2v) is 4.08. The number of benzene rings is 1. The fraction of sp³-hybridized carbons (Fsp3) is 0.250. The summed E-state index contributed by atoms with van der Waals surface area (Å²) in [5, 5.41) is 0.697. The van der Waals surface area contributed by atoms with Gasteiger partial charge in [0.15, 0.2) is 0 Å². The zero-order valence-corrected chi connectivity index (χ0v) is 11.3. The molecule has 1 heterocycles. The predicted octanol–water partition coefficient (Wildman–Crippen LogP) is 2.47. The van der Waals surface area contributed by atoms with Gasteiger partial charge in [-0.3, -0.25) is 0 Å². The van der Waals surface area contributed by atoms with E-state index >= 15 is 0 Å². The van der Waals surface area contributed by atoms with Crippen LogP contribution in [0.25, 0.3) is 0 Å². The topological polar surface area (TPSA) is 83.2 Å². The maximum absolute atomic E-state index is 6.04. The first kappa shape index (κ1) is 13.4. The van der Waals surface area contributed by atoms with E-state index in [0.717, 1.165) is 12.0 Å². The number of hydrogen-bond donors (Lipinski definition) is 1. The molecule has 100 valence electrons. The number of anilines is 1. The molecule has 0 aliphatic heterocycles. The predicted molar refractivity (Wildman–Crippen MR) is 71.7 cm³/mol. The summed E-state index contributed by atoms with van der Waals surface area (Å²) in [6, 6.07) is 5.50. The standard InChI is InChI=1S/C12H13ClN4O2/c1-3-7-6-8(4-5-9(7)13)19-12-16-10(14)15-11(17-12)18-2/h4-6H,3H2,1-2H3,(H2,14,15,16,17). The van der Waals surface area contributed by atoms with E-state index in [2.05, 4.69) is 15.0 Å². The van der Waals surface area contributed by atoms with E-state index in [1.54, 1.807) is 12.1 Å². The number of ether oxygens (including phenoxy) is 2. The van der Waals surface area contributed by atoms with Gasteiger partial charge < -0.3 is 15.2 Å². The monoisotopic (exact) mass is 280 g/mol. The molecule has 1 aromatic carbocycles. The highest BCUT2D eigenvalue weighted by Gasteiger charge is 2.08. The van der Waals surface area contributed by atoms with Gasteiger partial charge in [-0.15, -0.1) is 4.98 Å². The van der Waals surface area contributed by atoms with Crippen LogP contribution in [-0.4, -0.2) is 22.1 Å². The molecule has 2 rings (SSSR count). The molecule has 0 fully saturated rings. The molecule has 1 aromatic heterocycles. The molecular formula is C12H13ClN4O2. The minimum absolute atomic E-state index is 0.0338. The Bertz CT molecular complexity index is 592. The Morgan fingerprint density at radius 2 is 1.95 bits per heavy atom. The van der Waals surface area contributed by atoms with Crippen LogP contribution in [-0.2, 0) is 6.42 Å². The fourth-order valence-electron chi connectivity index (χ4n) is 1.48. The van der Waals surface area contributed by atoms with Crippen molar-refractivity contribution >= 4 is 17.5 Å². The van der Waals surface area contributed by atoms with Crippen molar-refractivity contribution in [2.24, 2.45) is 0 Å². The van der Waals surface area contributed by atoms with Gasteiger partial charge in [0.05, 0.1) is 7.11 Å². The van der Waals surface area contributed by atoms with Gasteiger partial charge >= 0.3 is 12.0 Å². The van der Waals surface area contributed by atoms with Gasteiger partial charge in [-0.05, 0) is 30.2 Å². The largest absolute Gasteiger partial charge is 0.467 e. The Labute approximate surface area is 115 Å². The first-order valence-corrected chi connectivity index (χ1v) is 6.02. The summed E-state index contributed by atoms with van der Waals surface area (Å²) in [5.41, 5.74) is 6.51. The van der Waals surface area contributed by atoms with E-state index in [9.17, 15) is 0 Å². The van der Waals surface area contributed by atoms with Gasteiger partial charge in [-0.25, -0.2) is 0 Å². The van der Waals surface area contributed by atoms with Crippen LogP contribution >= 0.6 is 11.6 Å². The number of aryl methyl sites for hydroxylation is 1. The molecule has 0 unspecified atom stereocenters. The van der Waals surface area contributed by atoms with Crippen LogP contribution in [0.15, 0.2) is 18.2 Å². The first-order valence-electron chi connectivity index (χ1n) is 5.64. The molecule has 0 saturated carbocycles. The summed E-state index contributed by atoms with van der Waals surface area (Å²) >= 11 is 6.04. The lowest BCUT2D eigenvalue weighted by Gasteiger charge is -2.07. The van der Waals surface area contributed by atoms with Gasteiger partial charge in [0.25, 0.3) is 0 Å². The van der Waals surface area contributed by atoms with Crippen molar-refractivity contribution in [1.29, 1.82) is 0 Å². The maximum atomic E-state index is 6.04. The molecule has 0 spiro atoms. The molecule has 2 aromatic rings. The Kier molecular flexibility index (Phi) is 4.01. The minimum Gasteiger partial charge on any atom is -0.467 e. The van der Waals surface area contributed by atoms with Crippen LogP contribution in [0.1, 0.15) is 12.5 Å². The van der Waals surface area contributed by atoms with Crippen molar-refractivity contribution in [3.63, 3.8) is 0 Å². The second kappa shape index (κ2) is 5.71. The minimum atomic E-state index is 0.0338. The number of rotatable bonds is 4. The highest BCUT2D eigenvalue weighted by molar-refractivity contribution is 6.31. The lowest BCUT2D eigenvalue weighted by molar-refractivity contribution is 0.360. The summed E-state index contributed by atoms with van der Waals surface area (Å²) in [5.74, 6) is 0.612. The van der Waals surface area contributed by atoms with Crippen molar-refractivity contribution in [3.05, 3.63) is 28.8 Å². The van der Waals surface area contributed by atoms with Gasteiger partial charge in [0, 0.05) is 5.02 Å². The number of aromatic nitrogens is 3. The Hall–Kier alpha value is -2.08. The summed E-state index contributed by atoms with van der Waals surface area (Å²) in [6.45, 7) is 2.01. The molecule has 7 heteroatoms. The van der Waals surface area contributed by atoms with Crippen LogP contribution in [0, 0.1) is 0 Å². The number of hydrogen-bond acceptors (Lipinski definition) is 6. The number of nitrogens with two attached hydrogens (primary N) is 1. The number of halogens is 1. The van der Waals surface area contributed by atoms with Crippen molar-refractivity contribution < 1.29 is 9.47 Å². The average molecular weight is 281 g/mol. The van der Waals surface area contributed by atoms with Gasteiger partial charge in [-0.1, -0.05) is 18.5 Å². The number of nitrogens with zero attached hydrogens (tertiary/aromatic N) is 3. The van der Waals surface area contributed by atoms with Gasteiger partial charge in [0.2, 0.25) is 5.95 Å². The molecule has 19 heavy (non-hydrogen) atoms. The highest BCUT2D eigenvalue weighted by Crippen LogP contribution is 2.25. The van der Waals surface area contributed by atoms with Crippen LogP contribution < -0.4 is 15.2 Å². The van der Waals surface area contributed by atoms with Crippen molar-refractivity contribution in [2.45, 2.75) is 13.3 Å². The van der Waals surface area contributed by atoms with Crippen LogP contribution in [0.4, 0.5) is 5.95 Å². The molecule has 0 aliphatic carbocycles. The van der Waals surface area contributed by atoms with Crippen LogP contribution in [0.5, 0.6) is 17.8 Å². The smallest absolute Gasteiger partial charge is 0.330 e. The average Bonchev–Trinajstić information content (AvgIpc) is 2.40. The fourth-order valence-corrected chi connectivity index (χ4v) is 1.73. The molecule has 0 bridgehead atoms. The van der Waals surface area contributed by atoms with Crippen molar-refractivity contribution in [2.75, 3.05) is 12.8 Å². The molecule has 2 N–H and O–H groups in total. The Morgan fingerprint density at radius 1 is 1.21 bits per heavy atom. The van der Waals surface area contributed by atoms with E-state index in [0.29, 0.717) is 10.8 Å². The van der Waals surface area contributed by atoms with E-state index < -0.39 is 0 Å². The third-order valence-electron chi connectivity index (χ3n) is 2.40. The van der Waals surface area contributed by atoms with Crippen molar-refractivity contribution in [1.82, 2.24) is 15.0 Å². The molecule has 6 nitrogen and oxygen atoms in total. The number of methoxy groups -OCH3 is 1. The molecule has 0 aliphatic rings. The molecule has 0 saturated heterocycles. The summed E-state index contributed by atoms with van der Waals surface area (Å²) in [6.07, 6.45) is 0.804. The number of nitrogen functional groups attached to an aromatic ring is 1. The summed E-state index contributed by atoms with van der Waals surface area (Å²) in [7, 11) is 1.44. The third kappa shape index (κ3) is 3.23. The highest BCUT2D eigenvalue weighted by atomic mass is 35.5. The second-order valence-electron chi connectivity index (χ2n) is 3.67. The summed E-state index contributed by atoms with van der Waals surface area (Å²) in [4.78, 5) is 11.6. The third-order valence-corrected chi connectivity index (χ3v) is 2.77. The molecular weight excluding hydrogens is 268 g/mol. The van der Waals surface area contributed by atoms with Crippen LogP contribution in [0.2, 0.25) is 5.02 Å². The zero-order chi connectivity index (χ0) is 13.8. The van der Waals surface area contributed by atoms with E-state index in [-0.39, 0.29) is 18.0 Å². The first-order chi connectivity index (χ1) is 9.12. The van der Waals surface area contributed by atoms with E-state index in [1.807, 2.05) is 13.0 Å². The maximum Gasteiger partial charge on any atom is 0.330 e. The van der Waals surface area contributed by atoms with Gasteiger partial charge in [0.1, 0.15) is 5.75 Å². The van der Waals surface area contributed by atoms with Crippen molar-refractivity contribution in [3.8, 4) is 17.8 Å². The van der Waals surface area contributed by atoms with Gasteiger partial charge in [-0.2, -0.15) is 9.97 Å². The van der Waals surface area contributed by atoms with E-state index in [4.69, 9.17) is 26.8 Å². The zero-order valence-electron chi connectivity index (χ0n) is 10.6. The molecule has 0 atom stereocenters. The summed E-state index contributed by atoms with van der Waals surface area (Å²) < 4.78 is 10.4. The Balaban J connectivity index is 2.28. The SMILES string of the molecule is CCc1cc(Oc2nc(N)nc(OC)n2)ccc1Cl. The van der Waals surface area contributed by atoms with E-state index in [1.165, 1.54) is 7.11 Å². The lowest BCUT2D eigenvalue weighted by atomic mass is 10.1. The quantitative estimate of drug-likeness (QED) is 0.926. The molecule has 0 radical (unpaired) electrons. The lowest BCUT2D eigenvalue weighted by Crippen LogP contribution is -2.02.